The Morgan fingerprint density at radius 1 is 0.758 bits per heavy atom. The monoisotopic (exact) mass is 464 g/mol. The highest BCUT2D eigenvalue weighted by molar-refractivity contribution is 7.92. The first-order valence-corrected chi connectivity index (χ1v) is 12.5. The van der Waals surface area contributed by atoms with E-state index in [1.54, 1.807) is 25.1 Å². The van der Waals surface area contributed by atoms with E-state index >= 15 is 0 Å². The molecule has 174 valence electrons. The molecule has 0 aromatic heterocycles. The van der Waals surface area contributed by atoms with Crippen molar-refractivity contribution in [2.24, 2.45) is 0 Å². The molecule has 33 heavy (non-hydrogen) atoms. The fourth-order valence-electron chi connectivity index (χ4n) is 3.97. The Labute approximate surface area is 197 Å². The Hall–Kier alpha value is -3.12. The Kier molecular flexibility index (Phi) is 6.98. The third kappa shape index (κ3) is 5.45. The molecule has 1 atom stereocenters. The molecule has 1 amide bonds. The van der Waals surface area contributed by atoms with Gasteiger partial charge in [0.15, 0.2) is 0 Å². The van der Waals surface area contributed by atoms with Crippen molar-refractivity contribution in [3.8, 4) is 0 Å². The van der Waals surface area contributed by atoms with Crippen LogP contribution in [-0.4, -0.2) is 14.3 Å². The van der Waals surface area contributed by atoms with Crippen molar-refractivity contribution in [3.05, 3.63) is 93.0 Å². The molecule has 0 saturated carbocycles. The largest absolute Gasteiger partial charge is 0.346 e. The summed E-state index contributed by atoms with van der Waals surface area (Å²) in [6, 6.07) is 14.3. The van der Waals surface area contributed by atoms with E-state index in [1.165, 1.54) is 11.6 Å². The number of hydrogen-bond acceptors (Lipinski definition) is 3. The van der Waals surface area contributed by atoms with Gasteiger partial charge in [0.25, 0.3) is 15.9 Å². The molecular formula is C27H32N2O3S. The zero-order valence-corrected chi connectivity index (χ0v) is 21.1. The zero-order chi connectivity index (χ0) is 24.5. The van der Waals surface area contributed by atoms with Crippen molar-refractivity contribution in [1.29, 1.82) is 0 Å². The zero-order valence-electron chi connectivity index (χ0n) is 20.3. The van der Waals surface area contributed by atoms with Crippen LogP contribution in [-0.2, 0) is 10.0 Å². The fourth-order valence-corrected chi connectivity index (χ4v) is 5.37. The third-order valence-electron chi connectivity index (χ3n) is 6.06. The molecule has 0 unspecified atom stereocenters. The number of rotatable bonds is 6. The van der Waals surface area contributed by atoms with Gasteiger partial charge in [-0.3, -0.25) is 9.52 Å². The number of carbonyl (C=O) groups is 1. The Balaban J connectivity index is 1.87. The second-order valence-corrected chi connectivity index (χ2v) is 10.5. The van der Waals surface area contributed by atoms with Crippen molar-refractivity contribution >= 4 is 21.6 Å². The van der Waals surface area contributed by atoms with E-state index in [9.17, 15) is 13.2 Å². The standard InChI is InChI=1S/C27H32N2O3S/c1-16-8-11-25(21(6)12-16)29-33(31,32)26-15-23(10-9-17(26)2)27(30)28-22(7)24-14-19(4)18(3)13-20(24)5/h8-15,22,29H,1-7H3,(H,28,30)/t22-/m0/s1. The van der Waals surface area contributed by atoms with Gasteiger partial charge < -0.3 is 5.32 Å². The van der Waals surface area contributed by atoms with E-state index in [4.69, 9.17) is 0 Å². The first kappa shape index (κ1) is 24.5. The number of carbonyl (C=O) groups excluding carboxylic acids is 1. The van der Waals surface area contributed by atoms with Gasteiger partial charge in [-0.2, -0.15) is 0 Å². The third-order valence-corrected chi connectivity index (χ3v) is 7.57. The van der Waals surface area contributed by atoms with Crippen molar-refractivity contribution < 1.29 is 13.2 Å². The van der Waals surface area contributed by atoms with Crippen LogP contribution >= 0.6 is 0 Å². The van der Waals surface area contributed by atoms with Crippen molar-refractivity contribution in [2.75, 3.05) is 4.72 Å². The predicted octanol–water partition coefficient (Wildman–Crippen LogP) is 5.83. The summed E-state index contributed by atoms with van der Waals surface area (Å²) in [4.78, 5) is 13.1. The van der Waals surface area contributed by atoms with Crippen molar-refractivity contribution in [2.45, 2.75) is 59.4 Å². The van der Waals surface area contributed by atoms with Gasteiger partial charge in [0.2, 0.25) is 0 Å². The number of benzene rings is 3. The van der Waals surface area contributed by atoms with E-state index in [1.807, 2.05) is 46.8 Å². The van der Waals surface area contributed by atoms with Crippen molar-refractivity contribution in [1.82, 2.24) is 5.32 Å². The van der Waals surface area contributed by atoms with Gasteiger partial charge >= 0.3 is 0 Å². The van der Waals surface area contributed by atoms with Crippen LogP contribution in [0.4, 0.5) is 5.69 Å². The lowest BCUT2D eigenvalue weighted by molar-refractivity contribution is 0.0939. The molecule has 0 saturated heterocycles. The Morgan fingerprint density at radius 2 is 1.42 bits per heavy atom. The van der Waals surface area contributed by atoms with Gasteiger partial charge in [-0.25, -0.2) is 8.42 Å². The molecule has 0 fully saturated rings. The highest BCUT2D eigenvalue weighted by atomic mass is 32.2. The molecule has 3 rings (SSSR count). The molecule has 0 bridgehead atoms. The highest BCUT2D eigenvalue weighted by Crippen LogP contribution is 2.25. The summed E-state index contributed by atoms with van der Waals surface area (Å²) in [7, 11) is -3.86. The molecule has 3 aromatic rings. The highest BCUT2D eigenvalue weighted by Gasteiger charge is 2.21. The second-order valence-electron chi connectivity index (χ2n) is 8.89. The summed E-state index contributed by atoms with van der Waals surface area (Å²) in [5.74, 6) is -0.317. The summed E-state index contributed by atoms with van der Waals surface area (Å²) in [5.41, 5.74) is 7.81. The minimum absolute atomic E-state index is 0.0881. The molecule has 3 aromatic carbocycles. The minimum Gasteiger partial charge on any atom is -0.346 e. The molecule has 0 aliphatic carbocycles. The van der Waals surface area contributed by atoms with E-state index < -0.39 is 10.0 Å². The quantitative estimate of drug-likeness (QED) is 0.482. The van der Waals surface area contributed by atoms with Crippen LogP contribution in [0.2, 0.25) is 0 Å². The summed E-state index contributed by atoms with van der Waals surface area (Å²) in [6.07, 6.45) is 0. The number of nitrogens with one attached hydrogen (secondary N) is 2. The summed E-state index contributed by atoms with van der Waals surface area (Å²) in [6.45, 7) is 13.6. The smallest absolute Gasteiger partial charge is 0.262 e. The molecule has 0 aliphatic heterocycles. The molecule has 6 heteroatoms. The molecular weight excluding hydrogens is 432 g/mol. The lowest BCUT2D eigenvalue weighted by atomic mass is 9.96. The topological polar surface area (TPSA) is 75.3 Å². The van der Waals surface area contributed by atoms with Crippen LogP contribution in [0.15, 0.2) is 53.4 Å². The fraction of sp³-hybridized carbons (Fsp3) is 0.296. The van der Waals surface area contributed by atoms with Gasteiger partial charge in [-0.05, 0) is 100 Å². The van der Waals surface area contributed by atoms with Gasteiger partial charge in [-0.1, -0.05) is 35.9 Å². The number of anilines is 1. The number of hydrogen-bond donors (Lipinski definition) is 2. The number of sulfonamides is 1. The first-order valence-electron chi connectivity index (χ1n) is 11.0. The molecule has 0 aliphatic rings. The van der Waals surface area contributed by atoms with Gasteiger partial charge in [0.1, 0.15) is 0 Å². The maximum atomic E-state index is 13.1. The maximum Gasteiger partial charge on any atom is 0.262 e. The van der Waals surface area contributed by atoms with Crippen LogP contribution in [0.3, 0.4) is 0 Å². The molecule has 2 N–H and O–H groups in total. The van der Waals surface area contributed by atoms with Crippen LogP contribution in [0.5, 0.6) is 0 Å². The first-order chi connectivity index (χ1) is 15.4. The van der Waals surface area contributed by atoms with Crippen LogP contribution in [0.1, 0.15) is 62.3 Å². The summed E-state index contributed by atoms with van der Waals surface area (Å²) < 4.78 is 29.0. The summed E-state index contributed by atoms with van der Waals surface area (Å²) in [5, 5.41) is 3.01. The average Bonchev–Trinajstić information content (AvgIpc) is 2.72. The SMILES string of the molecule is Cc1ccc(NS(=O)(=O)c2cc(C(=O)N[C@@H](C)c3cc(C)c(C)cc3C)ccc2C)c(C)c1. The van der Waals surface area contributed by atoms with Gasteiger partial charge in [0.05, 0.1) is 16.6 Å². The second kappa shape index (κ2) is 9.40. The number of aryl methyl sites for hydroxylation is 6. The molecule has 0 radical (unpaired) electrons. The van der Waals surface area contributed by atoms with E-state index in [2.05, 4.69) is 29.1 Å². The average molecular weight is 465 g/mol. The van der Waals surface area contributed by atoms with Gasteiger partial charge in [0, 0.05) is 5.56 Å². The Morgan fingerprint density at radius 3 is 2.09 bits per heavy atom. The van der Waals surface area contributed by atoms with Gasteiger partial charge in [-0.15, -0.1) is 0 Å². The molecule has 0 heterocycles. The predicted molar refractivity (Wildman–Crippen MR) is 134 cm³/mol. The van der Waals surface area contributed by atoms with Crippen molar-refractivity contribution in [3.63, 3.8) is 0 Å². The van der Waals surface area contributed by atoms with Crippen LogP contribution in [0.25, 0.3) is 0 Å². The maximum absolute atomic E-state index is 13.1. The lowest BCUT2D eigenvalue weighted by Crippen LogP contribution is -2.27. The normalized spacial score (nSPS) is 12.3. The van der Waals surface area contributed by atoms with E-state index in [-0.39, 0.29) is 16.8 Å². The Bertz CT molecular complexity index is 1330. The lowest BCUT2D eigenvalue weighted by Gasteiger charge is -2.19. The van der Waals surface area contributed by atoms with E-state index in [0.717, 1.165) is 27.8 Å². The van der Waals surface area contributed by atoms with Crippen LogP contribution < -0.4 is 10.0 Å². The van der Waals surface area contributed by atoms with Crippen LogP contribution in [0, 0.1) is 41.5 Å². The van der Waals surface area contributed by atoms with E-state index in [0.29, 0.717) is 16.8 Å². The molecule has 0 spiro atoms. The molecule has 5 nitrogen and oxygen atoms in total. The minimum atomic E-state index is -3.86. The summed E-state index contributed by atoms with van der Waals surface area (Å²) >= 11 is 0. The number of amides is 1.